The Labute approximate surface area is 176 Å². The van der Waals surface area contributed by atoms with Crippen molar-refractivity contribution in [1.82, 2.24) is 9.78 Å². The first-order chi connectivity index (χ1) is 14.0. The highest BCUT2D eigenvalue weighted by Gasteiger charge is 2.36. The van der Waals surface area contributed by atoms with Crippen LogP contribution in [-0.4, -0.2) is 28.9 Å². The lowest BCUT2D eigenvalue weighted by atomic mass is 9.94. The summed E-state index contributed by atoms with van der Waals surface area (Å²) in [5.74, 6) is -0.606. The summed E-state index contributed by atoms with van der Waals surface area (Å²) in [6.07, 6.45) is 0.607. The molecule has 2 atom stereocenters. The van der Waals surface area contributed by atoms with Crippen LogP contribution in [0.15, 0.2) is 48.5 Å². The molecule has 1 aliphatic rings. The molecule has 1 aromatic heterocycles. The van der Waals surface area contributed by atoms with Crippen LogP contribution in [0.3, 0.4) is 0 Å². The predicted octanol–water partition coefficient (Wildman–Crippen LogP) is 2.70. The molecule has 1 unspecified atom stereocenters. The molecule has 0 radical (unpaired) electrons. The number of fused-ring (bicyclic) bond motifs is 1. The zero-order valence-electron chi connectivity index (χ0n) is 15.7. The lowest BCUT2D eigenvalue weighted by Crippen LogP contribution is -3.16. The first-order valence-electron chi connectivity index (χ1n) is 9.14. The minimum Gasteiger partial charge on any atom is -0.465 e. The van der Waals surface area contributed by atoms with Gasteiger partial charge in [-0.3, -0.25) is 0 Å². The van der Waals surface area contributed by atoms with E-state index in [9.17, 15) is 9.18 Å². The van der Waals surface area contributed by atoms with E-state index < -0.39 is 0 Å². The first-order valence-corrected chi connectivity index (χ1v) is 10.4. The number of hydrogen-bond donors (Lipinski definition) is 2. The topological polar surface area (TPSA) is 60.6 Å². The molecule has 4 rings (SSSR count). The number of nitrogens with one attached hydrogen (secondary N) is 2. The maximum absolute atomic E-state index is 13.9. The summed E-state index contributed by atoms with van der Waals surface area (Å²) in [5, 5.41) is 7.98. The monoisotopic (exact) mass is 431 g/mol. The Bertz CT molecular complexity index is 1100. The Kier molecular flexibility index (Phi) is 5.70. The second-order valence-corrected chi connectivity index (χ2v) is 8.44. The van der Waals surface area contributed by atoms with Gasteiger partial charge < -0.3 is 15.0 Å². The van der Waals surface area contributed by atoms with Crippen LogP contribution in [0.1, 0.15) is 11.1 Å². The summed E-state index contributed by atoms with van der Waals surface area (Å²) < 4.78 is 21.2. The number of nitrogens with zero attached hydrogens (tertiary/aromatic N) is 2. The maximum atomic E-state index is 13.9. The number of hydrogen-bond acceptors (Lipinski definition) is 6. The molecule has 150 valence electrons. The molecule has 0 bridgehead atoms. The molecular weight excluding hydrogens is 411 g/mol. The van der Waals surface area contributed by atoms with Crippen molar-refractivity contribution in [1.29, 1.82) is 0 Å². The fraction of sp³-hybridized carbons (Fsp3) is 0.250. The van der Waals surface area contributed by atoms with Crippen molar-refractivity contribution in [3.63, 3.8) is 0 Å². The fourth-order valence-electron chi connectivity index (χ4n) is 3.55. The van der Waals surface area contributed by atoms with Crippen molar-refractivity contribution < 1.29 is 18.8 Å². The summed E-state index contributed by atoms with van der Waals surface area (Å²) in [4.78, 5) is 13.4. The Morgan fingerprint density at radius 1 is 1.31 bits per heavy atom. The molecule has 29 heavy (non-hydrogen) atoms. The van der Waals surface area contributed by atoms with E-state index in [4.69, 9.17) is 17.0 Å². The molecule has 0 aliphatic carbocycles. The van der Waals surface area contributed by atoms with E-state index in [2.05, 4.69) is 16.5 Å². The number of benzene rings is 2. The summed E-state index contributed by atoms with van der Waals surface area (Å²) in [6.45, 7) is 1.09. The van der Waals surface area contributed by atoms with Crippen LogP contribution in [-0.2, 0) is 29.2 Å². The number of carbonyl (C=O) groups is 1. The number of anilines is 2. The highest BCUT2D eigenvalue weighted by Crippen LogP contribution is 2.22. The van der Waals surface area contributed by atoms with Gasteiger partial charge in [0.1, 0.15) is 12.4 Å². The Morgan fingerprint density at radius 3 is 2.79 bits per heavy atom. The zero-order chi connectivity index (χ0) is 20.4. The number of carbonyl (C=O) groups excluding carboxylic acids is 1. The molecule has 2 N–H and O–H groups in total. The highest BCUT2D eigenvalue weighted by atomic mass is 32.1. The number of para-hydroxylation sites is 1. The molecule has 1 aliphatic heterocycles. The number of methoxy groups -OCH3 is 1. The number of rotatable bonds is 5. The molecule has 0 fully saturated rings. The summed E-state index contributed by atoms with van der Waals surface area (Å²) in [6, 6.07) is 14.2. The lowest BCUT2D eigenvalue weighted by molar-refractivity contribution is -0.955. The average Bonchev–Trinajstić information content (AvgIpc) is 3.07. The number of aromatic nitrogens is 2. The Hall–Kier alpha value is -2.62. The van der Waals surface area contributed by atoms with E-state index in [0.717, 1.165) is 10.5 Å². The van der Waals surface area contributed by atoms with Crippen molar-refractivity contribution in [2.75, 3.05) is 12.4 Å². The van der Waals surface area contributed by atoms with Crippen molar-refractivity contribution in [2.45, 2.75) is 25.7 Å². The van der Waals surface area contributed by atoms with Crippen molar-refractivity contribution >= 4 is 40.3 Å². The van der Waals surface area contributed by atoms with Gasteiger partial charge in [-0.15, -0.1) is 5.10 Å². The standard InChI is InChI=1S/C20H19FN4O2S2/c1-27-18(26)17-10-13-6-2-3-7-14(13)11-24(17)12-25-20(28)29-19(23-25)22-16-9-5-4-8-15(16)21/h2-9,17H,10-12H2,1H3,(H,22,23)/p+1/t17-/m0/s1. The number of quaternary nitrogens is 1. The van der Waals surface area contributed by atoms with E-state index in [0.29, 0.717) is 34.4 Å². The van der Waals surface area contributed by atoms with E-state index in [-0.39, 0.29) is 17.8 Å². The smallest absolute Gasteiger partial charge is 0.365 e. The zero-order valence-corrected chi connectivity index (χ0v) is 17.4. The van der Waals surface area contributed by atoms with Gasteiger partial charge in [-0.2, -0.15) is 4.68 Å². The van der Waals surface area contributed by atoms with Crippen molar-refractivity contribution in [3.05, 3.63) is 69.4 Å². The van der Waals surface area contributed by atoms with Gasteiger partial charge in [-0.05, 0) is 29.9 Å². The number of ether oxygens (including phenoxy) is 1. The summed E-state index contributed by atoms with van der Waals surface area (Å²) in [7, 11) is 1.41. The molecular formula is C20H20FN4O2S2+. The van der Waals surface area contributed by atoms with Gasteiger partial charge >= 0.3 is 5.97 Å². The molecule has 0 saturated heterocycles. The molecule has 3 aromatic rings. The van der Waals surface area contributed by atoms with E-state index in [1.165, 1.54) is 30.1 Å². The minimum atomic E-state index is -0.357. The Morgan fingerprint density at radius 2 is 2.03 bits per heavy atom. The largest absolute Gasteiger partial charge is 0.465 e. The van der Waals surface area contributed by atoms with Crippen LogP contribution in [0.4, 0.5) is 15.2 Å². The predicted molar refractivity (Wildman–Crippen MR) is 111 cm³/mol. The quantitative estimate of drug-likeness (QED) is 0.481. The minimum absolute atomic E-state index is 0.249. The van der Waals surface area contributed by atoms with Crippen LogP contribution in [0.2, 0.25) is 0 Å². The maximum Gasteiger partial charge on any atom is 0.365 e. The summed E-state index contributed by atoms with van der Waals surface area (Å²) in [5.41, 5.74) is 2.71. The Balaban J connectivity index is 1.57. The molecule has 0 amide bonds. The van der Waals surface area contributed by atoms with Crippen LogP contribution in [0, 0.1) is 9.77 Å². The van der Waals surface area contributed by atoms with Crippen LogP contribution >= 0.6 is 23.6 Å². The second kappa shape index (κ2) is 8.40. The van der Waals surface area contributed by atoms with Crippen LogP contribution < -0.4 is 10.2 Å². The normalized spacial score (nSPS) is 18.1. The lowest BCUT2D eigenvalue weighted by Gasteiger charge is -2.31. The second-order valence-electron chi connectivity index (χ2n) is 6.82. The van der Waals surface area contributed by atoms with Gasteiger partial charge in [-0.25, -0.2) is 9.18 Å². The van der Waals surface area contributed by atoms with Crippen molar-refractivity contribution in [2.24, 2.45) is 0 Å². The van der Waals surface area contributed by atoms with Gasteiger partial charge in [0.15, 0.2) is 16.7 Å². The van der Waals surface area contributed by atoms with Crippen molar-refractivity contribution in [3.8, 4) is 0 Å². The van der Waals surface area contributed by atoms with Gasteiger partial charge in [-0.1, -0.05) is 47.7 Å². The highest BCUT2D eigenvalue weighted by molar-refractivity contribution is 7.73. The molecule has 2 aromatic carbocycles. The first kappa shape index (κ1) is 19.7. The van der Waals surface area contributed by atoms with E-state index in [1.807, 2.05) is 18.2 Å². The summed E-state index contributed by atoms with van der Waals surface area (Å²) >= 11 is 6.72. The third-order valence-corrected chi connectivity index (χ3v) is 6.24. The molecule has 6 nitrogen and oxygen atoms in total. The van der Waals surface area contributed by atoms with Gasteiger partial charge in [0, 0.05) is 12.0 Å². The van der Waals surface area contributed by atoms with E-state index >= 15 is 0 Å². The van der Waals surface area contributed by atoms with Gasteiger partial charge in [0.2, 0.25) is 5.13 Å². The third-order valence-electron chi connectivity index (χ3n) is 5.01. The van der Waals surface area contributed by atoms with Gasteiger partial charge in [0.05, 0.1) is 12.8 Å². The SMILES string of the molecule is COC(=O)[C@@H]1Cc2ccccc2C[NH+]1Cn1nc(Nc2ccccc2F)sc1=S. The van der Waals surface area contributed by atoms with Gasteiger partial charge in [0.25, 0.3) is 0 Å². The molecule has 9 heteroatoms. The fourth-order valence-corrected chi connectivity index (χ4v) is 4.57. The molecule has 0 spiro atoms. The number of esters is 1. The third kappa shape index (κ3) is 4.21. The van der Waals surface area contributed by atoms with Crippen LogP contribution in [0.25, 0.3) is 0 Å². The van der Waals surface area contributed by atoms with E-state index in [1.54, 1.807) is 22.9 Å². The average molecular weight is 432 g/mol. The molecule has 0 saturated carbocycles. The van der Waals surface area contributed by atoms with Crippen LogP contribution in [0.5, 0.6) is 0 Å². The number of halogens is 1. The molecule has 2 heterocycles.